The van der Waals surface area contributed by atoms with Crippen LogP contribution in [-0.2, 0) is 9.53 Å². The zero-order valence-corrected chi connectivity index (χ0v) is 12.0. The van der Waals surface area contributed by atoms with Crippen molar-refractivity contribution in [1.82, 2.24) is 10.6 Å². The van der Waals surface area contributed by atoms with Gasteiger partial charge in [-0.3, -0.25) is 4.79 Å². The van der Waals surface area contributed by atoms with E-state index in [4.69, 9.17) is 4.74 Å². The second kappa shape index (κ2) is 5.06. The second-order valence-corrected chi connectivity index (χ2v) is 6.83. The Morgan fingerprint density at radius 3 is 2.68 bits per heavy atom. The highest BCUT2D eigenvalue weighted by atomic mass is 16.5. The highest BCUT2D eigenvalue weighted by Crippen LogP contribution is 2.58. The van der Waals surface area contributed by atoms with Crippen molar-refractivity contribution in [2.45, 2.75) is 38.5 Å². The molecule has 0 aromatic heterocycles. The van der Waals surface area contributed by atoms with Crippen LogP contribution in [0.15, 0.2) is 0 Å². The summed E-state index contributed by atoms with van der Waals surface area (Å²) < 4.78 is 5.15. The summed E-state index contributed by atoms with van der Waals surface area (Å²) in [5, 5.41) is 6.60. The smallest absolute Gasteiger partial charge is 0.223 e. The number of hydrogen-bond donors (Lipinski definition) is 2. The average molecular weight is 266 g/mol. The van der Waals surface area contributed by atoms with Crippen molar-refractivity contribution in [1.29, 1.82) is 0 Å². The predicted octanol–water partition coefficient (Wildman–Crippen LogP) is 1.31. The molecule has 1 unspecified atom stereocenters. The van der Waals surface area contributed by atoms with Crippen LogP contribution < -0.4 is 10.6 Å². The van der Waals surface area contributed by atoms with Crippen LogP contribution in [0.5, 0.6) is 0 Å². The van der Waals surface area contributed by atoms with Gasteiger partial charge in [-0.2, -0.15) is 0 Å². The molecule has 4 heteroatoms. The van der Waals surface area contributed by atoms with Gasteiger partial charge >= 0.3 is 0 Å². The van der Waals surface area contributed by atoms with E-state index in [1.165, 1.54) is 25.7 Å². The Morgan fingerprint density at radius 2 is 2.05 bits per heavy atom. The minimum atomic E-state index is 0.299. The van der Waals surface area contributed by atoms with E-state index in [2.05, 4.69) is 10.6 Å². The first-order chi connectivity index (χ1) is 9.20. The number of amides is 1. The molecule has 3 aliphatic rings. The number of rotatable bonds is 6. The summed E-state index contributed by atoms with van der Waals surface area (Å²) in [5.41, 5.74) is 0.723. The molecule has 1 atom stereocenters. The maximum atomic E-state index is 12.3. The molecule has 1 aliphatic heterocycles. The first-order valence-corrected chi connectivity index (χ1v) is 7.67. The largest absolute Gasteiger partial charge is 0.385 e. The number of carbonyl (C=O) groups excluding carboxylic acids is 1. The van der Waals surface area contributed by atoms with Gasteiger partial charge in [0.05, 0.1) is 0 Å². The molecule has 2 saturated carbocycles. The Morgan fingerprint density at radius 1 is 1.32 bits per heavy atom. The van der Waals surface area contributed by atoms with Crippen LogP contribution in [0.25, 0.3) is 0 Å². The molecule has 0 aromatic carbocycles. The van der Waals surface area contributed by atoms with E-state index in [1.807, 2.05) is 0 Å². The van der Waals surface area contributed by atoms with E-state index in [9.17, 15) is 4.79 Å². The molecule has 2 aliphatic carbocycles. The lowest BCUT2D eigenvalue weighted by Gasteiger charge is -2.23. The highest BCUT2D eigenvalue weighted by Gasteiger charge is 2.57. The van der Waals surface area contributed by atoms with Crippen molar-refractivity contribution >= 4 is 5.91 Å². The minimum Gasteiger partial charge on any atom is -0.385 e. The normalized spacial score (nSPS) is 30.1. The second-order valence-electron chi connectivity index (χ2n) is 6.83. The van der Waals surface area contributed by atoms with Crippen molar-refractivity contribution in [3.8, 4) is 0 Å². The molecular formula is C15H26N2O2. The lowest BCUT2D eigenvalue weighted by molar-refractivity contribution is -0.123. The third kappa shape index (κ3) is 2.79. The summed E-state index contributed by atoms with van der Waals surface area (Å²) >= 11 is 0. The zero-order valence-electron chi connectivity index (χ0n) is 12.0. The molecule has 3 fully saturated rings. The Kier molecular flexibility index (Phi) is 3.56. The Balaban J connectivity index is 1.43. The van der Waals surface area contributed by atoms with Gasteiger partial charge in [-0.1, -0.05) is 0 Å². The van der Waals surface area contributed by atoms with Crippen molar-refractivity contribution in [2.24, 2.45) is 16.7 Å². The number of ether oxygens (including phenoxy) is 1. The first kappa shape index (κ1) is 13.4. The van der Waals surface area contributed by atoms with Crippen LogP contribution in [0.1, 0.15) is 38.5 Å². The molecular weight excluding hydrogens is 240 g/mol. The molecule has 0 aromatic rings. The van der Waals surface area contributed by atoms with Gasteiger partial charge in [0.2, 0.25) is 5.91 Å². The summed E-state index contributed by atoms with van der Waals surface area (Å²) in [4.78, 5) is 12.3. The van der Waals surface area contributed by atoms with Gasteiger partial charge < -0.3 is 15.4 Å². The number of nitrogens with one attached hydrogen (secondary N) is 2. The lowest BCUT2D eigenvalue weighted by atomic mass is 9.91. The fourth-order valence-corrected chi connectivity index (χ4v) is 3.60. The van der Waals surface area contributed by atoms with Crippen LogP contribution in [0.3, 0.4) is 0 Å². The van der Waals surface area contributed by atoms with Crippen LogP contribution in [0.2, 0.25) is 0 Å². The zero-order chi connectivity index (χ0) is 13.3. The van der Waals surface area contributed by atoms with Crippen LogP contribution >= 0.6 is 0 Å². The molecule has 19 heavy (non-hydrogen) atoms. The van der Waals surface area contributed by atoms with E-state index >= 15 is 0 Å². The maximum Gasteiger partial charge on any atom is 0.223 e. The fourth-order valence-electron chi connectivity index (χ4n) is 3.60. The molecule has 2 N–H and O–H groups in total. The molecule has 108 valence electrons. The van der Waals surface area contributed by atoms with E-state index in [-0.39, 0.29) is 0 Å². The van der Waals surface area contributed by atoms with Gasteiger partial charge in [-0.15, -0.1) is 0 Å². The van der Waals surface area contributed by atoms with Crippen molar-refractivity contribution in [3.63, 3.8) is 0 Å². The topological polar surface area (TPSA) is 50.4 Å². The Hall–Kier alpha value is -0.610. The molecule has 1 heterocycles. The Bertz CT molecular complexity index is 346. The molecule has 3 rings (SSSR count). The molecule has 0 bridgehead atoms. The summed E-state index contributed by atoms with van der Waals surface area (Å²) in [6, 6.07) is 0. The number of hydrogen-bond acceptors (Lipinski definition) is 3. The molecule has 1 spiro atoms. The van der Waals surface area contributed by atoms with Gasteiger partial charge in [0.1, 0.15) is 0 Å². The third-order valence-corrected chi connectivity index (χ3v) is 5.54. The highest BCUT2D eigenvalue weighted by molar-refractivity contribution is 5.82. The third-order valence-electron chi connectivity index (χ3n) is 5.54. The Labute approximate surface area is 115 Å². The van der Waals surface area contributed by atoms with E-state index in [0.29, 0.717) is 22.7 Å². The van der Waals surface area contributed by atoms with Gasteiger partial charge in [0.15, 0.2) is 0 Å². The predicted molar refractivity (Wildman–Crippen MR) is 73.8 cm³/mol. The van der Waals surface area contributed by atoms with Crippen molar-refractivity contribution in [3.05, 3.63) is 0 Å². The molecule has 0 radical (unpaired) electrons. The quantitative estimate of drug-likeness (QED) is 0.762. The number of methoxy groups -OCH3 is 1. The molecule has 1 saturated heterocycles. The summed E-state index contributed by atoms with van der Waals surface area (Å²) in [5.74, 6) is 0.610. The van der Waals surface area contributed by atoms with E-state index < -0.39 is 0 Å². The van der Waals surface area contributed by atoms with Crippen LogP contribution in [0.4, 0.5) is 0 Å². The van der Waals surface area contributed by atoms with Gasteiger partial charge in [-0.05, 0) is 62.4 Å². The summed E-state index contributed by atoms with van der Waals surface area (Å²) in [6.07, 6.45) is 7.06. The van der Waals surface area contributed by atoms with Gasteiger partial charge in [-0.25, -0.2) is 0 Å². The fraction of sp³-hybridized carbons (Fsp3) is 0.933. The first-order valence-electron chi connectivity index (χ1n) is 7.67. The molecule has 1 amide bonds. The summed E-state index contributed by atoms with van der Waals surface area (Å²) in [7, 11) is 1.75. The van der Waals surface area contributed by atoms with Crippen molar-refractivity contribution < 1.29 is 9.53 Å². The standard InChI is InChI=1S/C15H26N2O2/c1-19-9-6-14(2-3-14)11-17-13(18)12-10-15(12)4-7-16-8-5-15/h12,16H,2-11H2,1H3,(H,17,18). The van der Waals surface area contributed by atoms with Gasteiger partial charge in [0.25, 0.3) is 0 Å². The lowest BCUT2D eigenvalue weighted by Crippen LogP contribution is -2.36. The SMILES string of the molecule is COCCC1(CNC(=O)C2CC23CCNCC3)CC1. The van der Waals surface area contributed by atoms with Crippen molar-refractivity contribution in [2.75, 3.05) is 33.4 Å². The number of carbonyl (C=O) groups is 1. The van der Waals surface area contributed by atoms with Crippen LogP contribution in [0, 0.1) is 16.7 Å². The molecule has 4 nitrogen and oxygen atoms in total. The van der Waals surface area contributed by atoms with Gasteiger partial charge in [0, 0.05) is 26.2 Å². The minimum absolute atomic E-state index is 0.299. The van der Waals surface area contributed by atoms with E-state index in [0.717, 1.165) is 39.1 Å². The maximum absolute atomic E-state index is 12.3. The summed E-state index contributed by atoms with van der Waals surface area (Å²) in [6.45, 7) is 3.85. The van der Waals surface area contributed by atoms with Crippen LogP contribution in [-0.4, -0.2) is 39.3 Å². The monoisotopic (exact) mass is 266 g/mol. The van der Waals surface area contributed by atoms with E-state index in [1.54, 1.807) is 7.11 Å². The number of piperidine rings is 1. The average Bonchev–Trinajstić information content (AvgIpc) is 3.33.